The average Bonchev–Trinajstić information content (AvgIpc) is 1.94. The average molecular weight is 1240 g/mol. The Kier molecular flexibility index (Phi) is 18.6. The summed E-state index contributed by atoms with van der Waals surface area (Å²) in [4.78, 5) is 137. The molecular weight excluding hydrogens is 1180 g/mol. The number of oxime groups is 2. The van der Waals surface area contributed by atoms with Gasteiger partial charge in [-0.25, -0.2) is 29.1 Å². The summed E-state index contributed by atoms with van der Waals surface area (Å²) in [6, 6.07) is -0.954. The van der Waals surface area contributed by atoms with Crippen LogP contribution in [0, 0.1) is 0 Å². The summed E-state index contributed by atoms with van der Waals surface area (Å²) in [5.41, 5.74) is 5.31. The second-order valence-electron chi connectivity index (χ2n) is 19.7. The van der Waals surface area contributed by atoms with Crippen LogP contribution in [0.15, 0.2) is 50.4 Å². The first-order valence-corrected chi connectivity index (χ1v) is 28.5. The number of fused-ring (bicyclic) bond motifs is 1. The first-order chi connectivity index (χ1) is 38.4. The zero-order chi connectivity index (χ0) is 60.3. The van der Waals surface area contributed by atoms with Crippen molar-refractivity contribution >= 4 is 133 Å². The maximum absolute atomic E-state index is 14.5. The van der Waals surface area contributed by atoms with Gasteiger partial charge in [-0.15, -0.1) is 46.2 Å². The number of benzene rings is 1. The number of halogens is 1. The topological polar surface area (TPSA) is 470 Å². The van der Waals surface area contributed by atoms with Gasteiger partial charge in [0.2, 0.25) is 11.2 Å². The van der Waals surface area contributed by atoms with Crippen molar-refractivity contribution in [1.29, 1.82) is 0 Å². The maximum Gasteiger partial charge on any atom is 0.351 e. The number of nitrogen functional groups attached to an aromatic ring is 2. The van der Waals surface area contributed by atoms with E-state index in [0.29, 0.717) is 29.7 Å². The molecule has 4 aliphatic heterocycles. The number of thiazole rings is 2. The number of nitrogens with zero attached hydrogens (tertiary/aromatic N) is 6. The third kappa shape index (κ3) is 13.4. The normalized spacial score (nSPS) is 19.5. The molecule has 2 fully saturated rings. The molecule has 35 heteroatoms. The summed E-state index contributed by atoms with van der Waals surface area (Å²) in [5.74, 6) is -13.1. The molecule has 0 bridgehead atoms. The van der Waals surface area contributed by atoms with Gasteiger partial charge in [0.05, 0.1) is 48.4 Å². The van der Waals surface area contributed by atoms with E-state index in [1.807, 2.05) is 0 Å². The number of rotatable bonds is 24. The third-order valence-electron chi connectivity index (χ3n) is 13.2. The lowest BCUT2D eigenvalue weighted by molar-refractivity contribution is -0.911. The molecule has 0 radical (unpaired) electrons. The molecule has 4 aliphatic rings. The lowest BCUT2D eigenvalue weighted by atomic mass is 10.0. The SMILES string of the molecule is CC(C)(O/N=C(\C(=O)N[C@H](C(=O)O)[C@@H]1NC(C(=O)O)=C(Cc2sc(N)nc2/C(=N/OC(C)(C)C(=O)O)C(=O)N[C@@H]2C(=O)N3C(C(=O)[O-])=C(C[N+]4(CCNC(=O)c5ccc(O)c(O)c5Cl)CCCC4)CS[C@H]23)CS1)c1csc(N)n1)C(=O)O. The van der Waals surface area contributed by atoms with Gasteiger partial charge in [0.15, 0.2) is 39.2 Å². The van der Waals surface area contributed by atoms with Gasteiger partial charge >= 0.3 is 23.9 Å². The molecule has 440 valence electrons. The van der Waals surface area contributed by atoms with E-state index in [1.165, 1.54) is 11.4 Å². The largest absolute Gasteiger partial charge is 0.543 e. The van der Waals surface area contributed by atoms with Gasteiger partial charge in [0, 0.05) is 46.6 Å². The highest BCUT2D eigenvalue weighted by atomic mass is 35.5. The number of amides is 4. The van der Waals surface area contributed by atoms with Gasteiger partial charge in [0.1, 0.15) is 40.4 Å². The Morgan fingerprint density at radius 2 is 1.55 bits per heavy atom. The Hall–Kier alpha value is -7.92. The highest BCUT2D eigenvalue weighted by Gasteiger charge is 2.54. The maximum atomic E-state index is 14.5. The minimum absolute atomic E-state index is 0.0322. The van der Waals surface area contributed by atoms with Crippen molar-refractivity contribution in [3.8, 4) is 11.5 Å². The molecule has 0 unspecified atom stereocenters. The Labute approximate surface area is 485 Å². The fourth-order valence-corrected chi connectivity index (χ4v) is 12.9. The van der Waals surface area contributed by atoms with Gasteiger partial charge < -0.3 is 87.4 Å². The van der Waals surface area contributed by atoms with Crippen LogP contribution in [-0.4, -0.2) is 193 Å². The number of β-lactam (4-membered cyclic amide) rings is 1. The molecule has 0 saturated carbocycles. The van der Waals surface area contributed by atoms with E-state index in [1.54, 1.807) is 0 Å². The molecule has 4 amide bonds. The van der Waals surface area contributed by atoms with Gasteiger partial charge in [0.25, 0.3) is 23.6 Å². The number of aromatic nitrogens is 2. The number of carbonyl (C=O) groups is 9. The number of carboxylic acids is 5. The molecule has 0 spiro atoms. The summed E-state index contributed by atoms with van der Waals surface area (Å²) in [6.45, 7) is 6.27. The van der Waals surface area contributed by atoms with E-state index in [9.17, 15) is 78.9 Å². The van der Waals surface area contributed by atoms with E-state index in [0.717, 1.165) is 97.7 Å². The van der Waals surface area contributed by atoms with Crippen molar-refractivity contribution in [3.05, 3.63) is 66.9 Å². The van der Waals surface area contributed by atoms with E-state index in [-0.39, 0.29) is 73.7 Å². The van der Waals surface area contributed by atoms with E-state index >= 15 is 0 Å². The smallest absolute Gasteiger partial charge is 0.351 e. The molecule has 2 saturated heterocycles. The summed E-state index contributed by atoms with van der Waals surface area (Å²) in [5, 5.41) is 88.8. The first kappa shape index (κ1) is 61.7. The van der Waals surface area contributed by atoms with Crippen LogP contribution in [0.3, 0.4) is 0 Å². The van der Waals surface area contributed by atoms with Gasteiger partial charge in [-0.1, -0.05) is 21.9 Å². The highest BCUT2D eigenvalue weighted by Crippen LogP contribution is 2.42. The molecule has 82 heavy (non-hydrogen) atoms. The van der Waals surface area contributed by atoms with Crippen molar-refractivity contribution < 1.29 is 93.1 Å². The second-order valence-corrected chi connectivity index (χ2v) is 24.4. The number of nitrogens with one attached hydrogen (secondary N) is 4. The van der Waals surface area contributed by atoms with Crippen LogP contribution >= 0.6 is 57.8 Å². The van der Waals surface area contributed by atoms with Gasteiger partial charge in [-0.05, 0) is 45.4 Å². The number of aromatic hydroxyl groups is 2. The van der Waals surface area contributed by atoms with Crippen molar-refractivity contribution in [2.45, 2.75) is 81.0 Å². The molecule has 30 nitrogen and oxygen atoms in total. The molecular formula is C47H53ClN12O18S4. The lowest BCUT2D eigenvalue weighted by Crippen LogP contribution is -2.72. The Morgan fingerprint density at radius 3 is 2.13 bits per heavy atom. The molecule has 7 rings (SSSR count). The van der Waals surface area contributed by atoms with Gasteiger partial charge in [-0.2, -0.15) is 0 Å². The lowest BCUT2D eigenvalue weighted by Gasteiger charge is -2.51. The van der Waals surface area contributed by atoms with E-state index in [2.05, 4.69) is 41.5 Å². The molecule has 3 aromatic rings. The van der Waals surface area contributed by atoms with Crippen LogP contribution in [0.2, 0.25) is 5.02 Å². The number of nitrogens with two attached hydrogens (primary N) is 2. The van der Waals surface area contributed by atoms with Crippen molar-refractivity contribution in [1.82, 2.24) is 36.1 Å². The van der Waals surface area contributed by atoms with Crippen LogP contribution < -0.4 is 37.8 Å². The molecule has 0 aliphatic carbocycles. The number of anilines is 2. The number of hydrogen-bond acceptors (Lipinski definition) is 25. The predicted molar refractivity (Wildman–Crippen MR) is 292 cm³/mol. The summed E-state index contributed by atoms with van der Waals surface area (Å²) in [7, 11) is 0. The Balaban J connectivity index is 1.10. The predicted octanol–water partition coefficient (Wildman–Crippen LogP) is -0.746. The number of hydrogen-bond donors (Lipinski definition) is 12. The fraction of sp³-hybridized carbons (Fsp3) is 0.426. The van der Waals surface area contributed by atoms with Crippen molar-refractivity contribution in [2.24, 2.45) is 10.3 Å². The monoisotopic (exact) mass is 1240 g/mol. The van der Waals surface area contributed by atoms with Crippen LogP contribution in [0.25, 0.3) is 0 Å². The molecule has 2 aromatic heterocycles. The molecule has 14 N–H and O–H groups in total. The second kappa shape index (κ2) is 24.7. The fourth-order valence-electron chi connectivity index (χ4n) is 8.72. The number of aliphatic carboxylic acids is 5. The number of thioether (sulfide) groups is 2. The third-order valence-corrected chi connectivity index (χ3v) is 17.7. The number of phenols is 2. The van der Waals surface area contributed by atoms with Crippen LogP contribution in [-0.2, 0) is 54.5 Å². The number of likely N-dealkylation sites (tertiary alicyclic amines) is 1. The number of phenolic OH excluding ortho intramolecular Hbond substituents is 2. The summed E-state index contributed by atoms with van der Waals surface area (Å²) < 4.78 is 0.330. The minimum Gasteiger partial charge on any atom is -0.543 e. The summed E-state index contributed by atoms with van der Waals surface area (Å²) >= 11 is 9.69. The zero-order valence-corrected chi connectivity index (χ0v) is 47.6. The number of carboxylic acid groups (broad SMARTS) is 5. The van der Waals surface area contributed by atoms with Crippen LogP contribution in [0.5, 0.6) is 11.5 Å². The highest BCUT2D eigenvalue weighted by molar-refractivity contribution is 8.00. The molecule has 4 atom stereocenters. The quantitative estimate of drug-likeness (QED) is 0.0173. The van der Waals surface area contributed by atoms with Gasteiger partial charge in [-0.3, -0.25) is 24.1 Å². The Morgan fingerprint density at radius 1 is 0.915 bits per heavy atom. The molecule has 6 heterocycles. The van der Waals surface area contributed by atoms with E-state index < -0.39 is 122 Å². The standard InChI is InChI=1S/C47H53ClN12O18S4/c1-46(2,42(73)74)77-57-26(21-17-81-44(49)52-21)34(64)53-29(40(69)70)36-55-25(39(67)68)18(15-79-36)13-23-27(56-45(50)82-23)28(58-78-47(3,4)43(75)76)35(65)54-30-37(66)59-31(41(71)72)19(16-80-38(30)59)14-60(10-5-6-11-60)12-9-51-33(63)20-7-8-22(61)32(62)24(20)48/h7-8,17,29-30,36,38,55H,5-6,9-16H2,1-4H3,(H13-,49,50,51,52,53,54,56,57,58,61,62,63,64,65,67,68,69,70,71,72,73,74,75,76)/t29-,30+,36+,38+/m0/s1. The van der Waals surface area contributed by atoms with E-state index in [4.69, 9.17) is 32.7 Å². The Bertz CT molecular complexity index is 3280. The number of carbonyl (C=O) groups excluding carboxylic acids is 5. The van der Waals surface area contributed by atoms with Crippen LogP contribution in [0.1, 0.15) is 67.2 Å². The summed E-state index contributed by atoms with van der Waals surface area (Å²) in [6.07, 6.45) is 1.17. The molecule has 1 aromatic carbocycles. The first-order valence-electron chi connectivity index (χ1n) is 24.3. The van der Waals surface area contributed by atoms with Crippen LogP contribution in [0.4, 0.5) is 10.3 Å². The minimum atomic E-state index is -2.08. The van der Waals surface area contributed by atoms with Crippen molar-refractivity contribution in [3.63, 3.8) is 0 Å². The number of quaternary nitrogens is 1. The zero-order valence-electron chi connectivity index (χ0n) is 43.5. The van der Waals surface area contributed by atoms with Crippen molar-refractivity contribution in [2.75, 3.05) is 55.7 Å².